The first-order valence-corrected chi connectivity index (χ1v) is 7.82. The molecule has 0 aromatic heterocycles. The fraction of sp³-hybridized carbons (Fsp3) is 0.368. The molecule has 0 saturated carbocycles. The maximum absolute atomic E-state index is 13.4. The Morgan fingerprint density at radius 2 is 1.74 bits per heavy atom. The first kappa shape index (κ1) is 17.6. The fourth-order valence-corrected chi connectivity index (χ4v) is 2.50. The van der Waals surface area contributed by atoms with Crippen LogP contribution in [0.2, 0.25) is 0 Å². The number of rotatable bonds is 8. The number of benzene rings is 2. The number of nitrogens with zero attached hydrogens (tertiary/aromatic N) is 2. The molecule has 2 aromatic rings. The van der Waals surface area contributed by atoms with Crippen molar-refractivity contribution >= 4 is 0 Å². The van der Waals surface area contributed by atoms with Gasteiger partial charge in [0.15, 0.2) is 0 Å². The van der Waals surface area contributed by atoms with Crippen LogP contribution in [0.4, 0.5) is 4.39 Å². The van der Waals surface area contributed by atoms with Gasteiger partial charge in [-0.15, -0.1) is 0 Å². The van der Waals surface area contributed by atoms with E-state index in [1.165, 1.54) is 17.7 Å². The summed E-state index contributed by atoms with van der Waals surface area (Å²) in [6.07, 6.45) is -0.240. The molecule has 23 heavy (non-hydrogen) atoms. The van der Waals surface area contributed by atoms with E-state index in [1.54, 1.807) is 6.07 Å². The smallest absolute Gasteiger partial charge is 0.136 e. The van der Waals surface area contributed by atoms with Crippen LogP contribution in [0.15, 0.2) is 54.6 Å². The van der Waals surface area contributed by atoms with E-state index in [9.17, 15) is 4.39 Å². The summed E-state index contributed by atoms with van der Waals surface area (Å²) in [5.74, 6) is -0.237. The van der Waals surface area contributed by atoms with E-state index in [-0.39, 0.29) is 12.0 Å². The summed E-state index contributed by atoms with van der Waals surface area (Å²) < 4.78 is 19.4. The number of hydrogen-bond acceptors (Lipinski definition) is 3. The number of likely N-dealkylation sites (N-methyl/N-ethyl adjacent to an activating group) is 1. The minimum Gasteiger partial charge on any atom is -0.358 e. The van der Waals surface area contributed by atoms with E-state index in [4.69, 9.17) is 4.74 Å². The molecule has 0 N–H and O–H groups in total. The molecule has 0 radical (unpaired) electrons. The molecule has 2 aromatic carbocycles. The normalized spacial score (nSPS) is 12.8. The van der Waals surface area contributed by atoms with Crippen molar-refractivity contribution in [1.82, 2.24) is 9.80 Å². The molecule has 0 fully saturated rings. The second-order valence-electron chi connectivity index (χ2n) is 5.97. The van der Waals surface area contributed by atoms with Crippen molar-refractivity contribution in [3.63, 3.8) is 0 Å². The van der Waals surface area contributed by atoms with Gasteiger partial charge in [-0.1, -0.05) is 42.5 Å². The molecule has 3 nitrogen and oxygen atoms in total. The highest BCUT2D eigenvalue weighted by molar-refractivity contribution is 5.18. The minimum atomic E-state index is -0.240. The molecule has 2 rings (SSSR count). The maximum atomic E-state index is 13.4. The van der Waals surface area contributed by atoms with Crippen LogP contribution in [0.25, 0.3) is 0 Å². The number of halogens is 1. The van der Waals surface area contributed by atoms with Gasteiger partial charge in [0.2, 0.25) is 0 Å². The van der Waals surface area contributed by atoms with Crippen molar-refractivity contribution in [2.24, 2.45) is 0 Å². The van der Waals surface area contributed by atoms with E-state index in [0.29, 0.717) is 6.61 Å². The predicted molar refractivity (Wildman–Crippen MR) is 91.6 cm³/mol. The summed E-state index contributed by atoms with van der Waals surface area (Å²) in [5, 5.41) is 0. The molecule has 0 spiro atoms. The van der Waals surface area contributed by atoms with E-state index < -0.39 is 0 Å². The summed E-state index contributed by atoms with van der Waals surface area (Å²) in [6.45, 7) is 2.29. The van der Waals surface area contributed by atoms with Crippen molar-refractivity contribution in [3.8, 4) is 0 Å². The Morgan fingerprint density at radius 1 is 1.00 bits per heavy atom. The van der Waals surface area contributed by atoms with Gasteiger partial charge in [0.1, 0.15) is 12.0 Å². The zero-order valence-corrected chi connectivity index (χ0v) is 14.1. The predicted octanol–water partition coefficient (Wildman–Crippen LogP) is 3.53. The highest BCUT2D eigenvalue weighted by Gasteiger charge is 2.15. The topological polar surface area (TPSA) is 15.7 Å². The summed E-state index contributed by atoms with van der Waals surface area (Å²) >= 11 is 0. The van der Waals surface area contributed by atoms with Crippen LogP contribution in [0.5, 0.6) is 0 Å². The van der Waals surface area contributed by atoms with Gasteiger partial charge in [-0.05, 0) is 44.4 Å². The van der Waals surface area contributed by atoms with Crippen molar-refractivity contribution in [2.45, 2.75) is 12.8 Å². The zero-order valence-electron chi connectivity index (χ0n) is 14.1. The van der Waals surface area contributed by atoms with Crippen LogP contribution in [0, 0.1) is 5.82 Å². The van der Waals surface area contributed by atoms with Gasteiger partial charge in [0.25, 0.3) is 0 Å². The van der Waals surface area contributed by atoms with Gasteiger partial charge in [-0.25, -0.2) is 4.39 Å². The van der Waals surface area contributed by atoms with Gasteiger partial charge in [0, 0.05) is 13.1 Å². The summed E-state index contributed by atoms with van der Waals surface area (Å²) in [5.41, 5.74) is 2.12. The van der Waals surface area contributed by atoms with E-state index >= 15 is 0 Å². The largest absolute Gasteiger partial charge is 0.358 e. The molecule has 4 heteroatoms. The Labute approximate surface area is 138 Å². The fourth-order valence-electron chi connectivity index (χ4n) is 2.50. The second kappa shape index (κ2) is 8.77. The van der Waals surface area contributed by atoms with Crippen LogP contribution >= 0.6 is 0 Å². The number of ether oxygens (including phenoxy) is 1. The van der Waals surface area contributed by atoms with Crippen LogP contribution in [0.3, 0.4) is 0 Å². The second-order valence-corrected chi connectivity index (χ2v) is 5.97. The Bertz CT molecular complexity index is 589. The standard InChI is InChI=1S/C19H25FN2O/c1-21(2)19(17-10-7-11-18(20)14-17)23-13-12-22(3)15-16-8-5-4-6-9-16/h4-11,14,19H,12-13,15H2,1-3H3. The first-order valence-electron chi connectivity index (χ1n) is 7.82. The minimum absolute atomic E-state index is 0.237. The molecule has 0 amide bonds. The number of hydrogen-bond donors (Lipinski definition) is 0. The Hall–Kier alpha value is -1.75. The third-order valence-electron chi connectivity index (χ3n) is 3.65. The van der Waals surface area contributed by atoms with Crippen molar-refractivity contribution in [2.75, 3.05) is 34.3 Å². The molecule has 1 atom stereocenters. The lowest BCUT2D eigenvalue weighted by molar-refractivity contribution is -0.0444. The molecule has 0 heterocycles. The van der Waals surface area contributed by atoms with Gasteiger partial charge < -0.3 is 4.74 Å². The SMILES string of the molecule is CN(CCOC(c1cccc(F)c1)N(C)C)Cc1ccccc1. The highest BCUT2D eigenvalue weighted by Crippen LogP contribution is 2.20. The molecule has 1 unspecified atom stereocenters. The Kier molecular flexibility index (Phi) is 6.71. The third kappa shape index (κ3) is 5.75. The van der Waals surface area contributed by atoms with Crippen LogP contribution in [-0.2, 0) is 11.3 Å². The average molecular weight is 316 g/mol. The lowest BCUT2D eigenvalue weighted by Gasteiger charge is -2.26. The molecule has 0 aliphatic rings. The first-order chi connectivity index (χ1) is 11.1. The van der Waals surface area contributed by atoms with Gasteiger partial charge in [-0.2, -0.15) is 0 Å². The zero-order chi connectivity index (χ0) is 16.7. The van der Waals surface area contributed by atoms with Crippen molar-refractivity contribution < 1.29 is 9.13 Å². The lowest BCUT2D eigenvalue weighted by Crippen LogP contribution is -2.28. The molecule has 124 valence electrons. The molecular formula is C19H25FN2O. The van der Waals surface area contributed by atoms with Crippen LogP contribution in [0.1, 0.15) is 17.4 Å². The van der Waals surface area contributed by atoms with Crippen molar-refractivity contribution in [1.29, 1.82) is 0 Å². The maximum Gasteiger partial charge on any atom is 0.136 e. The Morgan fingerprint density at radius 3 is 2.39 bits per heavy atom. The summed E-state index contributed by atoms with van der Waals surface area (Å²) in [6, 6.07) is 16.9. The van der Waals surface area contributed by atoms with Gasteiger partial charge >= 0.3 is 0 Å². The van der Waals surface area contributed by atoms with E-state index in [0.717, 1.165) is 18.7 Å². The average Bonchev–Trinajstić information content (AvgIpc) is 2.52. The monoisotopic (exact) mass is 316 g/mol. The van der Waals surface area contributed by atoms with Gasteiger partial charge in [-0.3, -0.25) is 9.80 Å². The van der Waals surface area contributed by atoms with E-state index in [1.807, 2.05) is 43.3 Å². The van der Waals surface area contributed by atoms with E-state index in [2.05, 4.69) is 24.1 Å². The Balaban J connectivity index is 1.85. The molecule has 0 aliphatic carbocycles. The third-order valence-corrected chi connectivity index (χ3v) is 3.65. The molecule has 0 aliphatic heterocycles. The van der Waals surface area contributed by atoms with Gasteiger partial charge in [0.05, 0.1) is 6.61 Å². The quantitative estimate of drug-likeness (QED) is 0.693. The molecular weight excluding hydrogens is 291 g/mol. The molecule has 0 saturated heterocycles. The summed E-state index contributed by atoms with van der Waals surface area (Å²) in [7, 11) is 5.94. The van der Waals surface area contributed by atoms with Crippen LogP contribution < -0.4 is 0 Å². The van der Waals surface area contributed by atoms with Crippen molar-refractivity contribution in [3.05, 3.63) is 71.5 Å². The van der Waals surface area contributed by atoms with Crippen LogP contribution in [-0.4, -0.2) is 44.1 Å². The highest BCUT2D eigenvalue weighted by atomic mass is 19.1. The summed E-state index contributed by atoms with van der Waals surface area (Å²) in [4.78, 5) is 4.17. The molecule has 0 bridgehead atoms. The lowest BCUT2D eigenvalue weighted by atomic mass is 10.2.